The van der Waals surface area contributed by atoms with E-state index < -0.39 is 46.2 Å². The Morgan fingerprint density at radius 1 is 0.569 bits per heavy atom. The van der Waals surface area contributed by atoms with Gasteiger partial charge in [-0.1, -0.05) is 91.0 Å². The number of rotatable bonds is 7. The number of carbonyl (C=O) groups excluding carboxylic acids is 3. The maximum absolute atomic E-state index is 16.0. The molecule has 51 heavy (non-hydrogen) atoms. The number of ketones is 1. The first-order valence-electron chi connectivity index (χ1n) is 16.3. The minimum absolute atomic E-state index is 0.204. The number of anilines is 1. The second-order valence-corrected chi connectivity index (χ2v) is 12.9. The molecule has 1 saturated carbocycles. The quantitative estimate of drug-likeness (QED) is 0.163. The van der Waals surface area contributed by atoms with Crippen molar-refractivity contribution in [1.29, 1.82) is 0 Å². The van der Waals surface area contributed by atoms with Crippen molar-refractivity contribution in [3.05, 3.63) is 161 Å². The molecule has 2 amide bonds. The molecule has 1 heterocycles. The Morgan fingerprint density at radius 2 is 1.00 bits per heavy atom. The fourth-order valence-electron chi connectivity index (χ4n) is 8.72. The van der Waals surface area contributed by atoms with Gasteiger partial charge in [0.05, 0.1) is 48.1 Å². The predicted molar refractivity (Wildman–Crippen MR) is 185 cm³/mol. The molecule has 0 spiro atoms. The number of allylic oxidation sites excluding steroid dienone is 2. The summed E-state index contributed by atoms with van der Waals surface area (Å²) in [5.41, 5.74) is -1.27. The summed E-state index contributed by atoms with van der Waals surface area (Å²) in [5, 5.41) is 0. The van der Waals surface area contributed by atoms with E-state index in [1.807, 2.05) is 24.3 Å². The standard InChI is InChI=1S/C42H30F3NO5/c1-50-31-20-16-25(17-21-31)33-34(26-18-22-32(51-2)23-19-26)41(28-12-7-4-8-13-28)36-35(40(33,39(41)49)27-10-5-3-6-11-27)37(47)46(38(36)48)30-15-9-14-29(24-30)42(43,44)45/h3-24,35-36H,1-2H3/t35-,36-,40-,41+/m1/s1. The van der Waals surface area contributed by atoms with Crippen LogP contribution in [-0.4, -0.2) is 31.8 Å². The van der Waals surface area contributed by atoms with Crippen molar-refractivity contribution in [3.8, 4) is 11.5 Å². The van der Waals surface area contributed by atoms with Crippen molar-refractivity contribution in [2.45, 2.75) is 17.0 Å². The first kappa shape index (κ1) is 32.3. The third kappa shape index (κ3) is 4.33. The van der Waals surface area contributed by atoms with Crippen LogP contribution in [0.25, 0.3) is 11.1 Å². The Labute approximate surface area is 291 Å². The van der Waals surface area contributed by atoms with Gasteiger partial charge in [-0.05, 0) is 75.9 Å². The first-order valence-corrected chi connectivity index (χ1v) is 16.3. The number of hydrogen-bond acceptors (Lipinski definition) is 5. The van der Waals surface area contributed by atoms with Gasteiger partial charge in [0.25, 0.3) is 0 Å². The molecular weight excluding hydrogens is 655 g/mol. The summed E-state index contributed by atoms with van der Waals surface area (Å²) >= 11 is 0. The Balaban J connectivity index is 1.52. The highest BCUT2D eigenvalue weighted by atomic mass is 19.4. The molecule has 5 aromatic carbocycles. The van der Waals surface area contributed by atoms with Crippen LogP contribution in [0, 0.1) is 11.8 Å². The number of amides is 2. The third-order valence-electron chi connectivity index (χ3n) is 10.6. The molecule has 5 aromatic rings. The van der Waals surface area contributed by atoms with Gasteiger partial charge in [-0.15, -0.1) is 0 Å². The summed E-state index contributed by atoms with van der Waals surface area (Å²) in [6.45, 7) is 0. The average Bonchev–Trinajstić information content (AvgIpc) is 3.67. The number of Topliss-reactive ketones (excluding diaryl/α,β-unsaturated/α-hetero) is 1. The molecule has 8 rings (SSSR count). The van der Waals surface area contributed by atoms with Crippen molar-refractivity contribution in [3.63, 3.8) is 0 Å². The minimum Gasteiger partial charge on any atom is -0.497 e. The van der Waals surface area contributed by atoms with Gasteiger partial charge < -0.3 is 9.47 Å². The number of benzene rings is 5. The van der Waals surface area contributed by atoms with Gasteiger partial charge in [0.1, 0.15) is 11.5 Å². The van der Waals surface area contributed by atoms with Gasteiger partial charge in [0, 0.05) is 0 Å². The van der Waals surface area contributed by atoms with E-state index >= 15 is 14.4 Å². The van der Waals surface area contributed by atoms with Crippen molar-refractivity contribution < 1.29 is 37.0 Å². The second kappa shape index (κ2) is 11.6. The number of ether oxygens (including phenoxy) is 2. The third-order valence-corrected chi connectivity index (χ3v) is 10.6. The zero-order chi connectivity index (χ0) is 35.7. The number of imide groups is 1. The molecule has 0 unspecified atom stereocenters. The number of hydrogen-bond donors (Lipinski definition) is 0. The lowest BCUT2D eigenvalue weighted by Crippen LogP contribution is -2.45. The minimum atomic E-state index is -4.71. The molecule has 2 aliphatic carbocycles. The van der Waals surface area contributed by atoms with Crippen LogP contribution < -0.4 is 14.4 Å². The fraction of sp³-hybridized carbons (Fsp3) is 0.167. The van der Waals surface area contributed by atoms with Crippen LogP contribution >= 0.6 is 0 Å². The molecule has 0 N–H and O–H groups in total. The lowest BCUT2D eigenvalue weighted by Gasteiger charge is -2.39. The van der Waals surface area contributed by atoms with Crippen LogP contribution in [0.1, 0.15) is 27.8 Å². The summed E-state index contributed by atoms with van der Waals surface area (Å²) in [5.74, 6) is -3.23. The summed E-state index contributed by atoms with van der Waals surface area (Å²) < 4.78 is 52.8. The van der Waals surface area contributed by atoms with Gasteiger partial charge in [-0.3, -0.25) is 14.4 Å². The molecule has 1 aliphatic heterocycles. The van der Waals surface area contributed by atoms with E-state index in [-0.39, 0.29) is 11.5 Å². The normalized spacial score (nSPS) is 23.9. The van der Waals surface area contributed by atoms with E-state index in [1.54, 1.807) is 99.1 Å². The van der Waals surface area contributed by atoms with E-state index in [9.17, 15) is 13.2 Å². The van der Waals surface area contributed by atoms with E-state index in [0.717, 1.165) is 17.0 Å². The zero-order valence-corrected chi connectivity index (χ0v) is 27.5. The number of alkyl halides is 3. The van der Waals surface area contributed by atoms with E-state index in [1.165, 1.54) is 12.1 Å². The van der Waals surface area contributed by atoms with Crippen LogP contribution in [0.15, 0.2) is 133 Å². The molecule has 0 aromatic heterocycles. The molecule has 2 bridgehead atoms. The molecule has 6 nitrogen and oxygen atoms in total. The SMILES string of the molecule is COc1ccc(C2=C(c3ccc(OC)cc3)[C@@]3(c4ccccc4)C(=O)[C@]2(c2ccccc2)[C@H]2C(=O)N(c4cccc(C(F)(F)F)c4)C(=O)[C@@H]23)cc1. The molecule has 254 valence electrons. The molecule has 3 aliphatic rings. The fourth-order valence-corrected chi connectivity index (χ4v) is 8.72. The number of halogens is 3. The number of nitrogens with zero attached hydrogens (tertiary/aromatic N) is 1. The monoisotopic (exact) mass is 685 g/mol. The Kier molecular flexibility index (Phi) is 7.31. The summed E-state index contributed by atoms with van der Waals surface area (Å²) in [6.07, 6.45) is -4.71. The van der Waals surface area contributed by atoms with Gasteiger partial charge >= 0.3 is 6.18 Å². The topological polar surface area (TPSA) is 72.9 Å². The van der Waals surface area contributed by atoms with Crippen molar-refractivity contribution >= 4 is 34.4 Å². The van der Waals surface area contributed by atoms with Crippen LogP contribution in [0.5, 0.6) is 11.5 Å². The molecule has 1 saturated heterocycles. The lowest BCUT2D eigenvalue weighted by molar-refractivity contribution is -0.137. The summed E-state index contributed by atoms with van der Waals surface area (Å²) in [4.78, 5) is 47.0. The van der Waals surface area contributed by atoms with Crippen LogP contribution in [0.4, 0.5) is 18.9 Å². The van der Waals surface area contributed by atoms with E-state index in [2.05, 4.69) is 0 Å². The first-order chi connectivity index (χ1) is 24.6. The van der Waals surface area contributed by atoms with Gasteiger partial charge in [-0.2, -0.15) is 13.2 Å². The van der Waals surface area contributed by atoms with E-state index in [0.29, 0.717) is 44.9 Å². The van der Waals surface area contributed by atoms with E-state index in [4.69, 9.17) is 9.47 Å². The smallest absolute Gasteiger partial charge is 0.416 e. The lowest BCUT2D eigenvalue weighted by atomic mass is 9.59. The highest BCUT2D eigenvalue weighted by Crippen LogP contribution is 2.74. The van der Waals surface area contributed by atoms with Crippen LogP contribution in [0.2, 0.25) is 0 Å². The number of methoxy groups -OCH3 is 2. The van der Waals surface area contributed by atoms with Crippen LogP contribution in [0.3, 0.4) is 0 Å². The van der Waals surface area contributed by atoms with Crippen molar-refractivity contribution in [2.24, 2.45) is 11.8 Å². The van der Waals surface area contributed by atoms with Gasteiger partial charge in [-0.25, -0.2) is 4.90 Å². The molecule has 0 radical (unpaired) electrons. The Bertz CT molecular complexity index is 2100. The molecule has 4 atom stereocenters. The van der Waals surface area contributed by atoms with Crippen LogP contribution in [-0.2, 0) is 31.4 Å². The summed E-state index contributed by atoms with van der Waals surface area (Å²) in [6, 6.07) is 36.4. The maximum Gasteiger partial charge on any atom is 0.416 e. The second-order valence-electron chi connectivity index (χ2n) is 12.9. The highest BCUT2D eigenvalue weighted by molar-refractivity contribution is 6.39. The Hall–Kier alpha value is -5.96. The Morgan fingerprint density at radius 3 is 1.39 bits per heavy atom. The largest absolute Gasteiger partial charge is 0.497 e. The summed E-state index contributed by atoms with van der Waals surface area (Å²) in [7, 11) is 3.09. The van der Waals surface area contributed by atoms with Gasteiger partial charge in [0.15, 0.2) is 5.78 Å². The molecule has 9 heteroatoms. The average molecular weight is 686 g/mol. The van der Waals surface area contributed by atoms with Gasteiger partial charge in [0.2, 0.25) is 11.8 Å². The number of carbonyl (C=O) groups is 3. The maximum atomic E-state index is 16.0. The predicted octanol–water partition coefficient (Wildman–Crippen LogP) is 7.91. The number of fused-ring (bicyclic) bond motifs is 5. The zero-order valence-electron chi connectivity index (χ0n) is 27.5. The van der Waals surface area contributed by atoms with Crippen molar-refractivity contribution in [2.75, 3.05) is 19.1 Å². The molecule has 2 fully saturated rings. The molecular formula is C42H30F3NO5. The van der Waals surface area contributed by atoms with Crippen molar-refractivity contribution in [1.82, 2.24) is 0 Å². The highest BCUT2D eigenvalue weighted by Gasteiger charge is 2.82.